The molecular weight excluding hydrogens is 759 g/mol. The number of benzene rings is 1. The highest BCUT2D eigenvalue weighted by Gasteiger charge is 2.31. The van der Waals surface area contributed by atoms with Crippen molar-refractivity contribution in [2.24, 2.45) is 0 Å². The van der Waals surface area contributed by atoms with Crippen molar-refractivity contribution in [2.45, 2.75) is 12.2 Å². The summed E-state index contributed by atoms with van der Waals surface area (Å²) in [6.45, 7) is -2.58. The monoisotopic (exact) mass is 779 g/mol. The molecule has 1 aromatic carbocycles. The van der Waals surface area contributed by atoms with Crippen LogP contribution in [0.1, 0.15) is 20.7 Å². The Labute approximate surface area is 218 Å². The lowest BCUT2D eigenvalue weighted by atomic mass is 10.1. The number of likely N-dealkylation sites (N-methyl/N-ethyl adjacent to an activating group) is 1. The van der Waals surface area contributed by atoms with Crippen LogP contribution < -0.4 is 10.1 Å². The summed E-state index contributed by atoms with van der Waals surface area (Å²) < 4.78 is 16.2. The standard InChI is InChI=1S/C17H20I3NO10/c1-21-9(26)6-29-15-13(19)10(16(27)30-4-7(24)2-22)12(18)11(14(15)20)17(28)31-5-8(25)3-23/h7-8,22-25H,2-6H2,1H3,(H,21,26). The van der Waals surface area contributed by atoms with E-state index in [1.807, 2.05) is 0 Å². The van der Waals surface area contributed by atoms with E-state index < -0.39 is 63.1 Å². The Morgan fingerprint density at radius 1 is 0.871 bits per heavy atom. The summed E-state index contributed by atoms with van der Waals surface area (Å²) in [6.07, 6.45) is -2.56. The number of aliphatic hydroxyl groups excluding tert-OH is 4. The molecule has 0 fully saturated rings. The van der Waals surface area contributed by atoms with E-state index in [9.17, 15) is 24.6 Å². The number of halogens is 3. The smallest absolute Gasteiger partial charge is 0.340 e. The van der Waals surface area contributed by atoms with Crippen LogP contribution in [0.15, 0.2) is 0 Å². The molecular formula is C17H20I3NO10. The lowest BCUT2D eigenvalue weighted by molar-refractivity contribution is -0.122. The van der Waals surface area contributed by atoms with Crippen molar-refractivity contribution in [3.8, 4) is 5.75 Å². The molecule has 0 saturated carbocycles. The van der Waals surface area contributed by atoms with Gasteiger partial charge < -0.3 is 40.0 Å². The molecule has 0 aliphatic rings. The second-order valence-corrected chi connectivity index (χ2v) is 9.09. The Bertz CT molecular complexity index is 767. The highest BCUT2D eigenvalue weighted by Crippen LogP contribution is 2.38. The van der Waals surface area contributed by atoms with Gasteiger partial charge in [-0.25, -0.2) is 9.59 Å². The van der Waals surface area contributed by atoms with Crippen molar-refractivity contribution in [2.75, 3.05) is 40.1 Å². The van der Waals surface area contributed by atoms with E-state index in [-0.39, 0.29) is 27.6 Å². The van der Waals surface area contributed by atoms with Crippen LogP contribution in [0.3, 0.4) is 0 Å². The number of carbonyl (C=O) groups is 3. The third-order valence-electron chi connectivity index (χ3n) is 3.55. The molecule has 0 saturated heterocycles. The Balaban J connectivity index is 3.44. The quantitative estimate of drug-likeness (QED) is 0.148. The van der Waals surface area contributed by atoms with Gasteiger partial charge in [-0.1, -0.05) is 0 Å². The normalized spacial score (nSPS) is 12.6. The van der Waals surface area contributed by atoms with Gasteiger partial charge in [0.05, 0.1) is 31.5 Å². The second-order valence-electron chi connectivity index (χ2n) is 5.85. The summed E-state index contributed by atoms with van der Waals surface area (Å²) in [5.41, 5.74) is -0.123. The highest BCUT2D eigenvalue weighted by molar-refractivity contribution is 14.1. The van der Waals surface area contributed by atoms with Crippen LogP contribution in [0.2, 0.25) is 0 Å². The van der Waals surface area contributed by atoms with Crippen molar-refractivity contribution in [1.82, 2.24) is 5.32 Å². The van der Waals surface area contributed by atoms with Gasteiger partial charge in [0.15, 0.2) is 6.61 Å². The van der Waals surface area contributed by atoms with Crippen LogP contribution in [-0.2, 0) is 14.3 Å². The predicted octanol–water partition coefficient (Wildman–Crippen LogP) is -0.355. The first kappa shape index (κ1) is 28.5. The van der Waals surface area contributed by atoms with Crippen LogP contribution in [-0.4, -0.2) is 90.6 Å². The average molecular weight is 779 g/mol. The number of esters is 2. The number of aliphatic hydroxyl groups is 4. The maximum Gasteiger partial charge on any atom is 0.340 e. The molecule has 0 aliphatic heterocycles. The molecule has 0 aliphatic carbocycles. The zero-order valence-electron chi connectivity index (χ0n) is 16.1. The second kappa shape index (κ2) is 13.9. The molecule has 14 heteroatoms. The number of nitrogens with one attached hydrogen (secondary N) is 1. The van der Waals surface area contributed by atoms with Crippen LogP contribution in [0, 0.1) is 10.7 Å². The largest absolute Gasteiger partial charge is 0.481 e. The zero-order valence-corrected chi connectivity index (χ0v) is 22.5. The van der Waals surface area contributed by atoms with Gasteiger partial charge >= 0.3 is 11.9 Å². The van der Waals surface area contributed by atoms with Crippen molar-refractivity contribution in [3.05, 3.63) is 21.8 Å². The number of hydrogen-bond donors (Lipinski definition) is 5. The number of ether oxygens (including phenoxy) is 3. The number of amides is 1. The maximum absolute atomic E-state index is 12.7. The zero-order chi connectivity index (χ0) is 23.7. The molecule has 31 heavy (non-hydrogen) atoms. The van der Waals surface area contributed by atoms with Gasteiger partial charge in [0.1, 0.15) is 31.2 Å². The molecule has 11 nitrogen and oxygen atoms in total. The van der Waals surface area contributed by atoms with Crippen LogP contribution in [0.4, 0.5) is 0 Å². The summed E-state index contributed by atoms with van der Waals surface area (Å²) in [5, 5.41) is 39.0. The summed E-state index contributed by atoms with van der Waals surface area (Å²) in [5.74, 6) is -2.18. The van der Waals surface area contributed by atoms with Crippen molar-refractivity contribution in [1.29, 1.82) is 0 Å². The predicted molar refractivity (Wildman–Crippen MR) is 131 cm³/mol. The van der Waals surface area contributed by atoms with E-state index in [2.05, 4.69) is 5.32 Å². The first-order valence-electron chi connectivity index (χ1n) is 8.54. The molecule has 0 heterocycles. The molecule has 174 valence electrons. The highest BCUT2D eigenvalue weighted by atomic mass is 127. The van der Waals surface area contributed by atoms with Gasteiger partial charge in [0.25, 0.3) is 5.91 Å². The molecule has 1 rings (SSSR count). The number of hydrogen-bond acceptors (Lipinski definition) is 10. The topological polar surface area (TPSA) is 172 Å². The molecule has 0 aromatic heterocycles. The number of carbonyl (C=O) groups excluding carboxylic acids is 3. The maximum atomic E-state index is 12.7. The Morgan fingerprint density at radius 2 is 1.29 bits per heavy atom. The van der Waals surface area contributed by atoms with Gasteiger partial charge in [0, 0.05) is 10.6 Å². The summed E-state index contributed by atoms with van der Waals surface area (Å²) >= 11 is 5.36. The van der Waals surface area contributed by atoms with Crippen molar-refractivity contribution in [3.63, 3.8) is 0 Å². The first-order chi connectivity index (χ1) is 14.6. The third-order valence-corrected chi connectivity index (χ3v) is 6.68. The fourth-order valence-corrected chi connectivity index (χ4v) is 6.29. The van der Waals surface area contributed by atoms with E-state index in [1.165, 1.54) is 7.05 Å². The first-order valence-corrected chi connectivity index (χ1v) is 11.8. The minimum absolute atomic E-state index is 0.0617. The summed E-state index contributed by atoms with van der Waals surface area (Å²) in [7, 11) is 1.42. The molecule has 1 aromatic rings. The SMILES string of the molecule is CNC(=O)COc1c(I)c(C(=O)OCC(O)CO)c(I)c(C(=O)OCC(O)CO)c1I. The van der Waals surface area contributed by atoms with Crippen molar-refractivity contribution < 1.29 is 49.0 Å². The average Bonchev–Trinajstić information content (AvgIpc) is 2.74. The van der Waals surface area contributed by atoms with Crippen LogP contribution >= 0.6 is 67.8 Å². The van der Waals surface area contributed by atoms with E-state index in [4.69, 9.17) is 24.4 Å². The summed E-state index contributed by atoms with van der Waals surface area (Å²) in [6, 6.07) is 0. The van der Waals surface area contributed by atoms with Gasteiger partial charge in [-0.15, -0.1) is 0 Å². The van der Waals surface area contributed by atoms with E-state index in [0.29, 0.717) is 0 Å². The van der Waals surface area contributed by atoms with Gasteiger partial charge in [-0.2, -0.15) is 0 Å². The molecule has 2 unspecified atom stereocenters. The van der Waals surface area contributed by atoms with E-state index >= 15 is 0 Å². The third kappa shape index (κ3) is 8.07. The number of rotatable bonds is 11. The lowest BCUT2D eigenvalue weighted by Crippen LogP contribution is -2.27. The minimum atomic E-state index is -1.28. The Hall–Kier alpha value is -0.540. The molecule has 0 spiro atoms. The lowest BCUT2D eigenvalue weighted by Gasteiger charge is -2.19. The van der Waals surface area contributed by atoms with Crippen LogP contribution in [0.5, 0.6) is 5.75 Å². The van der Waals surface area contributed by atoms with Gasteiger partial charge in [0.2, 0.25) is 0 Å². The van der Waals surface area contributed by atoms with Gasteiger partial charge in [-0.3, -0.25) is 4.79 Å². The molecule has 1 amide bonds. The van der Waals surface area contributed by atoms with Crippen LogP contribution in [0.25, 0.3) is 0 Å². The van der Waals surface area contributed by atoms with E-state index in [0.717, 1.165) is 0 Å². The molecule has 5 N–H and O–H groups in total. The molecule has 0 radical (unpaired) electrons. The minimum Gasteiger partial charge on any atom is -0.481 e. The van der Waals surface area contributed by atoms with Gasteiger partial charge in [-0.05, 0) is 67.8 Å². The molecule has 2 atom stereocenters. The van der Waals surface area contributed by atoms with Crippen molar-refractivity contribution >= 4 is 85.6 Å². The fourth-order valence-electron chi connectivity index (χ4n) is 1.93. The Kier molecular flexibility index (Phi) is 12.8. The Morgan fingerprint density at radius 3 is 1.65 bits per heavy atom. The summed E-state index contributed by atoms with van der Waals surface area (Å²) in [4.78, 5) is 36.9. The fraction of sp³-hybridized carbons (Fsp3) is 0.471. The van der Waals surface area contributed by atoms with E-state index in [1.54, 1.807) is 67.8 Å². The molecule has 0 bridgehead atoms.